The molecule has 0 fully saturated rings. The van der Waals surface area contributed by atoms with Gasteiger partial charge in [0.25, 0.3) is 5.91 Å². The van der Waals surface area contributed by atoms with Gasteiger partial charge in [0.1, 0.15) is 12.4 Å². The van der Waals surface area contributed by atoms with E-state index in [4.69, 9.17) is 4.74 Å². The number of rotatable bonds is 12. The molecule has 58 heavy (non-hydrogen) atoms. The van der Waals surface area contributed by atoms with Gasteiger partial charge in [-0.2, -0.15) is 26.3 Å². The minimum Gasteiger partial charge on any atom is -0.361 e. The number of aromatic nitrogens is 3. The molecule has 0 aliphatic carbocycles. The molecular formula is C38H39F6N5O7S2. The van der Waals surface area contributed by atoms with Crippen molar-refractivity contribution < 1.29 is 57.5 Å². The highest BCUT2D eigenvalue weighted by Crippen LogP contribution is 2.32. The van der Waals surface area contributed by atoms with Crippen LogP contribution in [-0.2, 0) is 48.0 Å². The number of amides is 2. The van der Waals surface area contributed by atoms with Gasteiger partial charge in [-0.15, -0.1) is 0 Å². The molecule has 20 heteroatoms. The predicted molar refractivity (Wildman–Crippen MR) is 203 cm³/mol. The van der Waals surface area contributed by atoms with Crippen LogP contribution in [0.15, 0.2) is 95.2 Å². The molecule has 2 amide bonds. The number of sulfone groups is 2. The summed E-state index contributed by atoms with van der Waals surface area (Å²) in [6, 6.07) is 12.9. The molecule has 0 atom stereocenters. The van der Waals surface area contributed by atoms with Crippen molar-refractivity contribution in [2.24, 2.45) is 0 Å². The van der Waals surface area contributed by atoms with E-state index in [1.165, 1.54) is 60.8 Å². The molecule has 5 rings (SSSR count). The van der Waals surface area contributed by atoms with Gasteiger partial charge in [0.05, 0.1) is 33.9 Å². The van der Waals surface area contributed by atoms with Crippen LogP contribution in [0.4, 0.5) is 37.7 Å². The molecule has 3 aromatic heterocycles. The van der Waals surface area contributed by atoms with E-state index in [1.54, 1.807) is 32.2 Å². The molecule has 5 aromatic rings. The average Bonchev–Trinajstić information content (AvgIpc) is 3.57. The summed E-state index contributed by atoms with van der Waals surface area (Å²) in [6.07, 6.45) is -5.13. The Morgan fingerprint density at radius 2 is 1.33 bits per heavy atom. The van der Waals surface area contributed by atoms with Gasteiger partial charge in [0.15, 0.2) is 30.4 Å². The SMILES string of the molecule is CCOCN(C(=O)Cc1ccncc1S(=O)(=O)CC)c1ccc(C(F)(F)F)cc1.CCS(=O)(=O)c1c(C(=O)N(C)c2ccc(C(F)(F)F)cc2)nc2ccc(C)cn12. The molecule has 0 radical (unpaired) electrons. The highest BCUT2D eigenvalue weighted by Gasteiger charge is 2.33. The van der Waals surface area contributed by atoms with Crippen molar-refractivity contribution in [1.82, 2.24) is 14.4 Å². The van der Waals surface area contributed by atoms with Crippen molar-refractivity contribution in [3.63, 3.8) is 0 Å². The number of imidazole rings is 1. The molecular weight excluding hydrogens is 817 g/mol. The van der Waals surface area contributed by atoms with Crippen molar-refractivity contribution in [3.8, 4) is 0 Å². The Bertz CT molecular complexity index is 2470. The number of hydrogen-bond acceptors (Lipinski definition) is 9. The molecule has 0 spiro atoms. The maximum Gasteiger partial charge on any atom is 0.416 e. The molecule has 312 valence electrons. The molecule has 0 aliphatic heterocycles. The van der Waals surface area contributed by atoms with E-state index in [9.17, 15) is 52.8 Å². The van der Waals surface area contributed by atoms with Gasteiger partial charge >= 0.3 is 12.4 Å². The van der Waals surface area contributed by atoms with Crippen molar-refractivity contribution >= 4 is 48.5 Å². The van der Waals surface area contributed by atoms with Crippen LogP contribution in [0.5, 0.6) is 0 Å². The number of carbonyl (C=O) groups excluding carboxylic acids is 2. The van der Waals surface area contributed by atoms with E-state index in [0.29, 0.717) is 0 Å². The number of aryl methyl sites for hydroxylation is 1. The van der Waals surface area contributed by atoms with Gasteiger partial charge in [0.2, 0.25) is 5.91 Å². The summed E-state index contributed by atoms with van der Waals surface area (Å²) in [5.41, 5.74) is -0.249. The van der Waals surface area contributed by atoms with Crippen LogP contribution in [0.2, 0.25) is 0 Å². The zero-order valence-corrected chi connectivity index (χ0v) is 33.4. The number of nitrogens with zero attached hydrogens (tertiary/aromatic N) is 5. The molecule has 0 saturated carbocycles. The Kier molecular flexibility index (Phi) is 14.1. The molecule has 0 saturated heterocycles. The van der Waals surface area contributed by atoms with E-state index in [1.807, 2.05) is 0 Å². The number of anilines is 2. The van der Waals surface area contributed by atoms with Gasteiger partial charge in [-0.3, -0.25) is 23.9 Å². The minimum atomic E-state index is -4.50. The second-order valence-corrected chi connectivity index (χ2v) is 17.0. The molecule has 0 unspecified atom stereocenters. The summed E-state index contributed by atoms with van der Waals surface area (Å²) in [7, 11) is -6.05. The van der Waals surface area contributed by atoms with Crippen molar-refractivity contribution in [3.05, 3.63) is 113 Å². The average molecular weight is 856 g/mol. The van der Waals surface area contributed by atoms with Gasteiger partial charge < -0.3 is 9.64 Å². The summed E-state index contributed by atoms with van der Waals surface area (Å²) in [5.74, 6) is -1.64. The summed E-state index contributed by atoms with van der Waals surface area (Å²) in [4.78, 5) is 36.1. The van der Waals surface area contributed by atoms with Crippen LogP contribution in [0.25, 0.3) is 5.65 Å². The van der Waals surface area contributed by atoms with Crippen LogP contribution >= 0.6 is 0 Å². The van der Waals surface area contributed by atoms with Crippen LogP contribution < -0.4 is 9.80 Å². The number of halogens is 6. The number of hydrogen-bond donors (Lipinski definition) is 0. The Morgan fingerprint density at radius 1 is 0.776 bits per heavy atom. The monoisotopic (exact) mass is 855 g/mol. The lowest BCUT2D eigenvalue weighted by Crippen LogP contribution is -2.34. The van der Waals surface area contributed by atoms with E-state index >= 15 is 0 Å². The maximum atomic E-state index is 13.0. The summed E-state index contributed by atoms with van der Waals surface area (Å²) in [5, 5.41) is -0.234. The minimum absolute atomic E-state index is 0.0420. The van der Waals surface area contributed by atoms with E-state index in [-0.39, 0.29) is 69.5 Å². The second kappa shape index (κ2) is 18.1. The lowest BCUT2D eigenvalue weighted by molar-refractivity contribution is -0.138. The van der Waals surface area contributed by atoms with Gasteiger partial charge in [-0.05, 0) is 85.6 Å². The molecule has 0 aliphatic rings. The number of fused-ring (bicyclic) bond motifs is 1. The molecule has 3 heterocycles. The van der Waals surface area contributed by atoms with Crippen LogP contribution in [0.3, 0.4) is 0 Å². The zero-order valence-electron chi connectivity index (χ0n) is 31.8. The number of alkyl halides is 6. The second-order valence-electron chi connectivity index (χ2n) is 12.6. The quantitative estimate of drug-likeness (QED) is 0.0939. The first-order chi connectivity index (χ1) is 27.0. The Hall–Kier alpha value is -5.34. The van der Waals surface area contributed by atoms with Crippen LogP contribution in [0.1, 0.15) is 53.5 Å². The standard InChI is InChI=1S/C19H18F3N3O3S.C19H21F3N2O4S/c1-4-29(27,28)18-16(23-15-10-5-12(2)11-25(15)18)17(26)24(3)14-8-6-13(7-9-14)19(20,21)22;1-3-28-13-24(16-7-5-15(6-8-16)19(20,21)22)18(25)11-14-9-10-23-12-17(14)29(26,27)4-2/h5-11H,4H2,1-3H3;5-10,12H,3-4,11,13H2,1-2H3. The number of ether oxygens (including phenoxy) is 1. The summed E-state index contributed by atoms with van der Waals surface area (Å²) in [6.45, 7) is 6.54. The summed E-state index contributed by atoms with van der Waals surface area (Å²) < 4.78 is 133. The maximum absolute atomic E-state index is 13.0. The van der Waals surface area contributed by atoms with Gasteiger partial charge in [-0.1, -0.05) is 19.9 Å². The van der Waals surface area contributed by atoms with Crippen molar-refractivity contribution in [1.29, 1.82) is 0 Å². The normalized spacial score (nSPS) is 12.2. The Labute approximate surface area is 330 Å². The van der Waals surface area contributed by atoms with Crippen LogP contribution in [-0.4, -0.2) is 74.9 Å². The fraction of sp³-hybridized carbons (Fsp3) is 0.316. The third kappa shape index (κ3) is 10.6. The largest absolute Gasteiger partial charge is 0.416 e. The van der Waals surface area contributed by atoms with E-state index < -0.39 is 55.0 Å². The fourth-order valence-corrected chi connectivity index (χ4v) is 7.62. The Balaban J connectivity index is 0.000000257. The van der Waals surface area contributed by atoms with Crippen molar-refractivity contribution in [2.45, 2.75) is 56.4 Å². The fourth-order valence-electron chi connectivity index (χ4n) is 5.40. The zero-order chi connectivity index (χ0) is 43.2. The summed E-state index contributed by atoms with van der Waals surface area (Å²) >= 11 is 0. The number of pyridine rings is 2. The van der Waals surface area contributed by atoms with Gasteiger partial charge in [0, 0.05) is 43.6 Å². The van der Waals surface area contributed by atoms with Crippen LogP contribution in [0, 0.1) is 6.92 Å². The van der Waals surface area contributed by atoms with Gasteiger partial charge in [-0.25, -0.2) is 21.8 Å². The molecule has 0 bridgehead atoms. The molecule has 12 nitrogen and oxygen atoms in total. The highest BCUT2D eigenvalue weighted by molar-refractivity contribution is 7.91. The third-order valence-electron chi connectivity index (χ3n) is 8.65. The lowest BCUT2D eigenvalue weighted by Gasteiger charge is -2.23. The molecule has 2 aromatic carbocycles. The first-order valence-electron chi connectivity index (χ1n) is 17.4. The topological polar surface area (TPSA) is 148 Å². The van der Waals surface area contributed by atoms with Crippen molar-refractivity contribution in [2.75, 3.05) is 41.7 Å². The third-order valence-corrected chi connectivity index (χ3v) is 12.2. The first kappa shape index (κ1) is 45.4. The lowest BCUT2D eigenvalue weighted by atomic mass is 10.1. The Morgan fingerprint density at radius 3 is 1.84 bits per heavy atom. The van der Waals surface area contributed by atoms with E-state index in [2.05, 4.69) is 9.97 Å². The highest BCUT2D eigenvalue weighted by atomic mass is 32.2. The number of carbonyl (C=O) groups is 2. The first-order valence-corrected chi connectivity index (χ1v) is 20.7. The molecule has 0 N–H and O–H groups in total. The number of benzene rings is 2. The van der Waals surface area contributed by atoms with E-state index in [0.717, 1.165) is 46.9 Å². The smallest absolute Gasteiger partial charge is 0.361 e. The predicted octanol–water partition coefficient (Wildman–Crippen LogP) is 7.20.